The normalized spacial score (nSPS) is 9.83. The standard InChI is InChI=1S/C14H15N3O/c1-10-6-2-4-8-12(10)16-14(18)17-13-9-5-3-7-11(13)15/h2-9H,15H2,1H3,(H2,16,17,18). The molecule has 0 aliphatic heterocycles. The molecule has 0 heterocycles. The van der Waals surface area contributed by atoms with Gasteiger partial charge in [-0.15, -0.1) is 0 Å². The van der Waals surface area contributed by atoms with Gasteiger partial charge in [0.05, 0.1) is 11.4 Å². The number of anilines is 3. The lowest BCUT2D eigenvalue weighted by Crippen LogP contribution is -2.20. The highest BCUT2D eigenvalue weighted by Crippen LogP contribution is 2.18. The minimum Gasteiger partial charge on any atom is -0.397 e. The van der Waals surface area contributed by atoms with Gasteiger partial charge in [-0.2, -0.15) is 0 Å². The van der Waals surface area contributed by atoms with E-state index >= 15 is 0 Å². The summed E-state index contributed by atoms with van der Waals surface area (Å²) in [5, 5.41) is 5.49. The number of carbonyl (C=O) groups excluding carboxylic acids is 1. The van der Waals surface area contributed by atoms with Crippen molar-refractivity contribution < 1.29 is 4.79 Å². The van der Waals surface area contributed by atoms with Crippen molar-refractivity contribution in [1.29, 1.82) is 0 Å². The maximum absolute atomic E-state index is 11.8. The summed E-state index contributed by atoms with van der Waals surface area (Å²) in [7, 11) is 0. The van der Waals surface area contributed by atoms with Crippen LogP contribution < -0.4 is 16.4 Å². The Balaban J connectivity index is 2.06. The molecule has 2 rings (SSSR count). The monoisotopic (exact) mass is 241 g/mol. The molecule has 0 bridgehead atoms. The predicted molar refractivity (Wildman–Crippen MR) is 74.7 cm³/mol. The van der Waals surface area contributed by atoms with Gasteiger partial charge in [-0.25, -0.2) is 4.79 Å². The van der Waals surface area contributed by atoms with Crippen LogP contribution in [0.2, 0.25) is 0 Å². The molecule has 4 heteroatoms. The molecule has 0 radical (unpaired) electrons. The molecular formula is C14H15N3O. The first-order valence-corrected chi connectivity index (χ1v) is 5.65. The maximum Gasteiger partial charge on any atom is 0.323 e. The number of benzene rings is 2. The molecule has 0 aliphatic carbocycles. The number of urea groups is 1. The van der Waals surface area contributed by atoms with E-state index in [1.165, 1.54) is 0 Å². The number of nitrogen functional groups attached to an aromatic ring is 1. The molecule has 2 amide bonds. The van der Waals surface area contributed by atoms with Crippen LogP contribution in [-0.4, -0.2) is 6.03 Å². The molecular weight excluding hydrogens is 226 g/mol. The fourth-order valence-electron chi connectivity index (χ4n) is 1.60. The largest absolute Gasteiger partial charge is 0.397 e. The van der Waals surface area contributed by atoms with Crippen LogP contribution in [0.3, 0.4) is 0 Å². The van der Waals surface area contributed by atoms with Gasteiger partial charge in [-0.05, 0) is 30.7 Å². The number of amides is 2. The van der Waals surface area contributed by atoms with Crippen molar-refractivity contribution in [3.8, 4) is 0 Å². The third-order valence-corrected chi connectivity index (χ3v) is 2.60. The number of hydrogen-bond donors (Lipinski definition) is 3. The van der Waals surface area contributed by atoms with Crippen molar-refractivity contribution in [1.82, 2.24) is 0 Å². The second-order valence-corrected chi connectivity index (χ2v) is 3.98. The zero-order valence-electron chi connectivity index (χ0n) is 10.1. The minimum atomic E-state index is -0.304. The van der Waals surface area contributed by atoms with Crippen LogP contribution >= 0.6 is 0 Å². The molecule has 92 valence electrons. The zero-order chi connectivity index (χ0) is 13.0. The van der Waals surface area contributed by atoms with E-state index in [2.05, 4.69) is 10.6 Å². The van der Waals surface area contributed by atoms with Gasteiger partial charge in [-0.1, -0.05) is 30.3 Å². The highest BCUT2D eigenvalue weighted by Gasteiger charge is 2.05. The van der Waals surface area contributed by atoms with E-state index in [-0.39, 0.29) is 6.03 Å². The van der Waals surface area contributed by atoms with Gasteiger partial charge in [0.15, 0.2) is 0 Å². The number of aryl methyl sites for hydroxylation is 1. The minimum absolute atomic E-state index is 0.304. The first-order valence-electron chi connectivity index (χ1n) is 5.65. The molecule has 4 nitrogen and oxygen atoms in total. The molecule has 0 fully saturated rings. The molecule has 0 spiro atoms. The van der Waals surface area contributed by atoms with Crippen LogP contribution in [0, 0.1) is 6.92 Å². The molecule has 2 aromatic carbocycles. The molecule has 18 heavy (non-hydrogen) atoms. The van der Waals surface area contributed by atoms with E-state index in [0.29, 0.717) is 11.4 Å². The Hall–Kier alpha value is -2.49. The van der Waals surface area contributed by atoms with Crippen LogP contribution in [0.15, 0.2) is 48.5 Å². The number of para-hydroxylation sites is 3. The van der Waals surface area contributed by atoms with Gasteiger partial charge in [0, 0.05) is 5.69 Å². The molecule has 0 aliphatic rings. The van der Waals surface area contributed by atoms with E-state index in [4.69, 9.17) is 5.73 Å². The lowest BCUT2D eigenvalue weighted by atomic mass is 10.2. The lowest BCUT2D eigenvalue weighted by molar-refractivity contribution is 0.262. The average molecular weight is 241 g/mol. The number of rotatable bonds is 2. The van der Waals surface area contributed by atoms with Gasteiger partial charge in [0.1, 0.15) is 0 Å². The van der Waals surface area contributed by atoms with Crippen molar-refractivity contribution >= 4 is 23.1 Å². The fourth-order valence-corrected chi connectivity index (χ4v) is 1.60. The van der Waals surface area contributed by atoms with Crippen molar-refractivity contribution in [2.24, 2.45) is 0 Å². The summed E-state index contributed by atoms with van der Waals surface area (Å²) in [5.41, 5.74) is 8.68. The molecule has 0 saturated carbocycles. The van der Waals surface area contributed by atoms with Gasteiger partial charge in [-0.3, -0.25) is 0 Å². The molecule has 0 saturated heterocycles. The van der Waals surface area contributed by atoms with E-state index in [0.717, 1.165) is 11.3 Å². The molecule has 0 aromatic heterocycles. The smallest absolute Gasteiger partial charge is 0.323 e. The van der Waals surface area contributed by atoms with E-state index in [1.807, 2.05) is 43.3 Å². The number of carbonyl (C=O) groups is 1. The van der Waals surface area contributed by atoms with E-state index in [1.54, 1.807) is 12.1 Å². The molecule has 0 atom stereocenters. The van der Waals surface area contributed by atoms with E-state index < -0.39 is 0 Å². The second-order valence-electron chi connectivity index (χ2n) is 3.98. The van der Waals surface area contributed by atoms with Crippen LogP contribution in [0.1, 0.15) is 5.56 Å². The van der Waals surface area contributed by atoms with Crippen molar-refractivity contribution in [2.75, 3.05) is 16.4 Å². The Morgan fingerprint density at radius 2 is 1.50 bits per heavy atom. The predicted octanol–water partition coefficient (Wildman–Crippen LogP) is 3.22. The summed E-state index contributed by atoms with van der Waals surface area (Å²) in [4.78, 5) is 11.8. The first kappa shape index (κ1) is 12.0. The third-order valence-electron chi connectivity index (χ3n) is 2.60. The maximum atomic E-state index is 11.8. The van der Waals surface area contributed by atoms with Crippen LogP contribution in [-0.2, 0) is 0 Å². The van der Waals surface area contributed by atoms with Crippen LogP contribution in [0.25, 0.3) is 0 Å². The first-order chi connectivity index (χ1) is 8.66. The fraction of sp³-hybridized carbons (Fsp3) is 0.0714. The summed E-state index contributed by atoms with van der Waals surface area (Å²) in [6, 6.07) is 14.4. The summed E-state index contributed by atoms with van der Waals surface area (Å²) in [6.45, 7) is 1.94. The van der Waals surface area contributed by atoms with Crippen LogP contribution in [0.4, 0.5) is 21.9 Å². The highest BCUT2D eigenvalue weighted by atomic mass is 16.2. The average Bonchev–Trinajstić information content (AvgIpc) is 2.35. The van der Waals surface area contributed by atoms with Gasteiger partial charge < -0.3 is 16.4 Å². The highest BCUT2D eigenvalue weighted by molar-refractivity contribution is 6.01. The molecule has 4 N–H and O–H groups in total. The summed E-state index contributed by atoms with van der Waals surface area (Å²) in [6.07, 6.45) is 0. The summed E-state index contributed by atoms with van der Waals surface area (Å²) >= 11 is 0. The Morgan fingerprint density at radius 1 is 0.944 bits per heavy atom. The Kier molecular flexibility index (Phi) is 3.48. The topological polar surface area (TPSA) is 67.2 Å². The van der Waals surface area contributed by atoms with E-state index in [9.17, 15) is 4.79 Å². The number of hydrogen-bond acceptors (Lipinski definition) is 2. The van der Waals surface area contributed by atoms with Crippen LogP contribution in [0.5, 0.6) is 0 Å². The van der Waals surface area contributed by atoms with Gasteiger partial charge >= 0.3 is 6.03 Å². The van der Waals surface area contributed by atoms with Crippen molar-refractivity contribution in [3.63, 3.8) is 0 Å². The number of nitrogens with two attached hydrogens (primary N) is 1. The van der Waals surface area contributed by atoms with Crippen molar-refractivity contribution in [3.05, 3.63) is 54.1 Å². The van der Waals surface area contributed by atoms with Gasteiger partial charge in [0.2, 0.25) is 0 Å². The third kappa shape index (κ3) is 2.79. The quantitative estimate of drug-likeness (QED) is 0.707. The lowest BCUT2D eigenvalue weighted by Gasteiger charge is -2.10. The number of nitrogens with one attached hydrogen (secondary N) is 2. The van der Waals surface area contributed by atoms with Crippen molar-refractivity contribution in [2.45, 2.75) is 6.92 Å². The second kappa shape index (κ2) is 5.23. The Labute approximate surface area is 106 Å². The Morgan fingerprint density at radius 3 is 2.17 bits per heavy atom. The molecule has 0 unspecified atom stereocenters. The Bertz CT molecular complexity index is 517. The SMILES string of the molecule is Cc1ccccc1NC(=O)Nc1ccccc1N. The summed E-state index contributed by atoms with van der Waals surface area (Å²) < 4.78 is 0. The zero-order valence-corrected chi connectivity index (χ0v) is 10.1. The van der Waals surface area contributed by atoms with Gasteiger partial charge in [0.25, 0.3) is 0 Å². The summed E-state index contributed by atoms with van der Waals surface area (Å²) in [5.74, 6) is 0. The molecule has 2 aromatic rings.